The van der Waals surface area contributed by atoms with Crippen molar-refractivity contribution >= 4 is 17.5 Å². The maximum Gasteiger partial charge on any atom is 0.275 e. The Labute approximate surface area is 254 Å². The van der Waals surface area contributed by atoms with E-state index in [9.17, 15) is 9.59 Å². The van der Waals surface area contributed by atoms with Gasteiger partial charge in [-0.15, -0.1) is 10.2 Å². The Hall–Kier alpha value is -3.88. The summed E-state index contributed by atoms with van der Waals surface area (Å²) in [4.78, 5) is 34.8. The third-order valence-corrected chi connectivity index (χ3v) is 9.08. The van der Waals surface area contributed by atoms with Crippen molar-refractivity contribution in [2.75, 3.05) is 0 Å². The second kappa shape index (κ2) is 12.0. The van der Waals surface area contributed by atoms with Crippen molar-refractivity contribution < 1.29 is 9.59 Å². The topological polar surface area (TPSA) is 116 Å². The molecule has 2 aliphatic rings. The molecule has 0 saturated heterocycles. The van der Waals surface area contributed by atoms with Crippen molar-refractivity contribution in [3.8, 4) is 0 Å². The van der Waals surface area contributed by atoms with Crippen molar-refractivity contribution in [2.45, 2.75) is 98.3 Å². The lowest BCUT2D eigenvalue weighted by Gasteiger charge is -2.47. The monoisotopic (exact) mass is 583 g/mol. The smallest absolute Gasteiger partial charge is 0.275 e. The predicted octanol–water partition coefficient (Wildman–Crippen LogP) is 6.26. The van der Waals surface area contributed by atoms with Crippen LogP contribution in [0, 0.1) is 16.7 Å². The molecular formula is C34H45N7O2. The molecule has 1 atom stereocenters. The number of nitrogens with one attached hydrogen (secondary N) is 2. The number of carbonyl (C=O) groups is 2. The maximum atomic E-state index is 14.5. The van der Waals surface area contributed by atoms with Crippen molar-refractivity contribution in [2.24, 2.45) is 21.7 Å². The van der Waals surface area contributed by atoms with Crippen molar-refractivity contribution in [1.29, 1.82) is 0 Å². The molecule has 1 spiro atoms. The first kappa shape index (κ1) is 30.6. The molecule has 1 fully saturated rings. The molecule has 1 saturated carbocycles. The second-order valence-corrected chi connectivity index (χ2v) is 14.4. The summed E-state index contributed by atoms with van der Waals surface area (Å²) in [5.41, 5.74) is 2.73. The minimum absolute atomic E-state index is 0.00116. The first-order valence-electron chi connectivity index (χ1n) is 15.5. The number of aliphatic imine (C=N–C) groups is 1. The summed E-state index contributed by atoms with van der Waals surface area (Å²) >= 11 is 0. The van der Waals surface area contributed by atoms with Gasteiger partial charge >= 0.3 is 0 Å². The van der Waals surface area contributed by atoms with Crippen LogP contribution in [0.2, 0.25) is 0 Å². The highest BCUT2D eigenvalue weighted by atomic mass is 16.2. The van der Waals surface area contributed by atoms with Gasteiger partial charge in [0, 0.05) is 11.1 Å². The summed E-state index contributed by atoms with van der Waals surface area (Å²) in [6.45, 7) is 13.9. The molecule has 1 unspecified atom stereocenters. The van der Waals surface area contributed by atoms with Crippen LogP contribution >= 0.6 is 0 Å². The van der Waals surface area contributed by atoms with Gasteiger partial charge in [-0.3, -0.25) is 14.6 Å². The lowest BCUT2D eigenvalue weighted by molar-refractivity contribution is -0.134. The molecule has 9 heteroatoms. The zero-order valence-electron chi connectivity index (χ0n) is 26.4. The van der Waals surface area contributed by atoms with Crippen LogP contribution in [0.1, 0.15) is 113 Å². The number of aromatic nitrogens is 4. The van der Waals surface area contributed by atoms with E-state index in [1.54, 1.807) is 0 Å². The largest absolute Gasteiger partial charge is 0.345 e. The highest BCUT2D eigenvalue weighted by Gasteiger charge is 2.52. The molecular weight excluding hydrogens is 538 g/mol. The average Bonchev–Trinajstić information content (AvgIpc) is 3.59. The highest BCUT2D eigenvalue weighted by molar-refractivity contribution is 6.46. The minimum Gasteiger partial charge on any atom is -0.345 e. The molecule has 3 aromatic rings. The molecule has 228 valence electrons. The fourth-order valence-electron chi connectivity index (χ4n) is 6.52. The normalized spacial score (nSPS) is 21.6. The van der Waals surface area contributed by atoms with Crippen molar-refractivity contribution in [3.63, 3.8) is 0 Å². The van der Waals surface area contributed by atoms with E-state index in [1.165, 1.54) is 0 Å². The van der Waals surface area contributed by atoms with Crippen LogP contribution in [0.25, 0.3) is 0 Å². The van der Waals surface area contributed by atoms with Gasteiger partial charge in [0.15, 0.2) is 5.82 Å². The molecule has 5 rings (SSSR count). The molecule has 2 amide bonds. The molecule has 0 radical (unpaired) electrons. The Morgan fingerprint density at radius 2 is 1.70 bits per heavy atom. The standard InChI is InChI=1S/C34H45N7O2/c1-32(2,3)19-18-27(23-12-14-25(15-13-23)30(42)35-22-28-37-39-40-38-28)41-31(43)29(24-10-8-7-9-11-24)36-34(41)20-16-26(17-21-34)33(4,5)6/h7-15,26-27H,16-22H2,1-6H3,(H,35,42)(H,37,38,39,40). The van der Waals surface area contributed by atoms with E-state index in [4.69, 9.17) is 4.99 Å². The Morgan fingerprint density at radius 1 is 1.02 bits per heavy atom. The van der Waals surface area contributed by atoms with E-state index in [0.29, 0.717) is 23.0 Å². The van der Waals surface area contributed by atoms with E-state index in [-0.39, 0.29) is 35.2 Å². The number of hydrogen-bond donors (Lipinski definition) is 2. The lowest BCUT2D eigenvalue weighted by atomic mass is 9.69. The zero-order valence-corrected chi connectivity index (χ0v) is 26.4. The third kappa shape index (κ3) is 6.86. The fourth-order valence-corrected chi connectivity index (χ4v) is 6.52. The molecule has 2 heterocycles. The summed E-state index contributed by atoms with van der Waals surface area (Å²) in [6.07, 6.45) is 5.50. The SMILES string of the molecule is CC(C)(C)CCC(c1ccc(C(=O)NCc2nn[nH]n2)cc1)N1C(=O)C(c2ccccc2)=NC12CCC(C(C)(C)C)CC2. The van der Waals surface area contributed by atoms with Crippen LogP contribution in [-0.4, -0.2) is 48.7 Å². The number of nitrogens with zero attached hydrogens (tertiary/aromatic N) is 5. The molecule has 1 aliphatic heterocycles. The van der Waals surface area contributed by atoms with Crippen LogP contribution in [0.5, 0.6) is 0 Å². The number of rotatable bonds is 8. The number of carbonyl (C=O) groups excluding carboxylic acids is 2. The van der Waals surface area contributed by atoms with Crippen LogP contribution in [0.4, 0.5) is 0 Å². The lowest BCUT2D eigenvalue weighted by Crippen LogP contribution is -2.51. The van der Waals surface area contributed by atoms with Gasteiger partial charge in [0.25, 0.3) is 11.8 Å². The van der Waals surface area contributed by atoms with Gasteiger partial charge in [0.05, 0.1) is 12.6 Å². The van der Waals surface area contributed by atoms with Crippen molar-refractivity contribution in [3.05, 3.63) is 77.1 Å². The van der Waals surface area contributed by atoms with E-state index >= 15 is 0 Å². The zero-order chi connectivity index (χ0) is 30.8. The number of tetrazole rings is 1. The summed E-state index contributed by atoms with van der Waals surface area (Å²) in [5.74, 6) is 0.789. The van der Waals surface area contributed by atoms with E-state index in [2.05, 4.69) is 72.4 Å². The maximum absolute atomic E-state index is 14.5. The van der Waals surface area contributed by atoms with Crippen LogP contribution in [0.15, 0.2) is 59.6 Å². The second-order valence-electron chi connectivity index (χ2n) is 14.4. The summed E-state index contributed by atoms with van der Waals surface area (Å²) in [7, 11) is 0. The Morgan fingerprint density at radius 3 is 2.28 bits per heavy atom. The number of hydrogen-bond acceptors (Lipinski definition) is 6. The molecule has 2 aromatic carbocycles. The number of H-pyrrole nitrogens is 1. The molecule has 0 bridgehead atoms. The molecule has 43 heavy (non-hydrogen) atoms. The van der Waals surface area contributed by atoms with E-state index in [1.807, 2.05) is 54.6 Å². The summed E-state index contributed by atoms with van der Waals surface area (Å²) in [6, 6.07) is 17.4. The first-order valence-corrected chi connectivity index (χ1v) is 15.5. The quantitative estimate of drug-likeness (QED) is 0.325. The number of aromatic amines is 1. The van der Waals surface area contributed by atoms with Crippen LogP contribution in [0.3, 0.4) is 0 Å². The minimum atomic E-state index is -0.576. The van der Waals surface area contributed by atoms with E-state index in [0.717, 1.165) is 49.7 Å². The van der Waals surface area contributed by atoms with Crippen molar-refractivity contribution in [1.82, 2.24) is 30.8 Å². The van der Waals surface area contributed by atoms with Gasteiger partial charge in [-0.2, -0.15) is 5.21 Å². The molecule has 1 aliphatic carbocycles. The first-order chi connectivity index (χ1) is 20.4. The molecule has 2 N–H and O–H groups in total. The van der Waals surface area contributed by atoms with Crippen LogP contribution in [-0.2, 0) is 11.3 Å². The van der Waals surface area contributed by atoms with Crippen LogP contribution < -0.4 is 5.32 Å². The Bertz CT molecular complexity index is 1430. The number of amides is 2. The van der Waals surface area contributed by atoms with Gasteiger partial charge in [-0.25, -0.2) is 0 Å². The van der Waals surface area contributed by atoms with Gasteiger partial charge < -0.3 is 10.2 Å². The highest BCUT2D eigenvalue weighted by Crippen LogP contribution is 2.50. The van der Waals surface area contributed by atoms with Gasteiger partial charge in [-0.05, 0) is 73.0 Å². The predicted molar refractivity (Wildman–Crippen MR) is 167 cm³/mol. The van der Waals surface area contributed by atoms with Gasteiger partial charge in [-0.1, -0.05) is 89.2 Å². The third-order valence-electron chi connectivity index (χ3n) is 9.08. The fraction of sp³-hybridized carbons (Fsp3) is 0.529. The summed E-state index contributed by atoms with van der Waals surface area (Å²) < 4.78 is 0. The van der Waals surface area contributed by atoms with Gasteiger partial charge in [0.1, 0.15) is 11.4 Å². The molecule has 9 nitrogen and oxygen atoms in total. The Balaban J connectivity index is 1.48. The van der Waals surface area contributed by atoms with E-state index < -0.39 is 5.66 Å². The summed E-state index contributed by atoms with van der Waals surface area (Å²) in [5, 5.41) is 16.5. The number of benzene rings is 2. The molecule has 1 aromatic heterocycles. The Kier molecular flexibility index (Phi) is 8.54. The van der Waals surface area contributed by atoms with Gasteiger partial charge in [0.2, 0.25) is 0 Å². The average molecular weight is 584 g/mol.